The third-order valence-corrected chi connectivity index (χ3v) is 4.75. The summed E-state index contributed by atoms with van der Waals surface area (Å²) < 4.78 is 10.9. The molecule has 0 radical (unpaired) electrons. The number of hydrogen-bond acceptors (Lipinski definition) is 4. The second-order valence-electron chi connectivity index (χ2n) is 6.62. The van der Waals surface area contributed by atoms with Crippen molar-refractivity contribution < 1.29 is 9.15 Å². The maximum absolute atomic E-state index is 11.9. The van der Waals surface area contributed by atoms with Crippen LogP contribution < -0.4 is 15.7 Å². The largest absolute Gasteiger partial charge is 0.496 e. The lowest BCUT2D eigenvalue weighted by Crippen LogP contribution is -2.20. The molecule has 3 rings (SSSR count). The highest BCUT2D eigenvalue weighted by atomic mass is 16.5. The highest BCUT2D eigenvalue weighted by Gasteiger charge is 2.13. The molecule has 0 fully saturated rings. The fraction of sp³-hybridized carbons (Fsp3) is 0.318. The molecule has 0 saturated carbocycles. The Bertz CT molecular complexity index is 975. The van der Waals surface area contributed by atoms with E-state index in [1.807, 2.05) is 24.3 Å². The van der Waals surface area contributed by atoms with Gasteiger partial charge in [-0.15, -0.1) is 0 Å². The average Bonchev–Trinajstić information content (AvgIpc) is 2.65. The second kappa shape index (κ2) is 7.75. The Morgan fingerprint density at radius 2 is 1.96 bits per heavy atom. The van der Waals surface area contributed by atoms with E-state index < -0.39 is 0 Å². The lowest BCUT2D eigenvalue weighted by atomic mass is 10.0. The molecule has 0 bridgehead atoms. The van der Waals surface area contributed by atoms with E-state index in [9.17, 15) is 4.79 Å². The normalized spacial score (nSPS) is 12.3. The quantitative estimate of drug-likeness (QED) is 0.663. The van der Waals surface area contributed by atoms with Crippen LogP contribution in [-0.2, 0) is 13.0 Å². The van der Waals surface area contributed by atoms with E-state index in [1.165, 1.54) is 5.56 Å². The number of methoxy groups -OCH3 is 1. The molecule has 1 heterocycles. The van der Waals surface area contributed by atoms with Crippen molar-refractivity contribution in [2.24, 2.45) is 0 Å². The van der Waals surface area contributed by atoms with Gasteiger partial charge < -0.3 is 14.5 Å². The van der Waals surface area contributed by atoms with E-state index in [1.54, 1.807) is 13.2 Å². The van der Waals surface area contributed by atoms with Crippen LogP contribution in [0.3, 0.4) is 0 Å². The van der Waals surface area contributed by atoms with Crippen molar-refractivity contribution in [2.75, 3.05) is 7.11 Å². The van der Waals surface area contributed by atoms with Gasteiger partial charge in [0.2, 0.25) is 0 Å². The summed E-state index contributed by atoms with van der Waals surface area (Å²) in [5.41, 5.74) is 4.72. The fourth-order valence-corrected chi connectivity index (χ4v) is 3.21. The molecule has 1 atom stereocenters. The van der Waals surface area contributed by atoms with Crippen molar-refractivity contribution in [1.29, 1.82) is 0 Å². The Labute approximate surface area is 153 Å². The standard InChI is InChI=1S/C22H25NO3/c1-5-16-7-8-18-17(12-22(24)26-21(18)11-16)13-23-15(3)19-10-14(2)6-9-20(19)25-4/h6-12,15,23H,5,13H2,1-4H3. The van der Waals surface area contributed by atoms with Crippen molar-refractivity contribution in [1.82, 2.24) is 5.32 Å². The first-order chi connectivity index (χ1) is 12.5. The van der Waals surface area contributed by atoms with Crippen molar-refractivity contribution in [3.8, 4) is 5.75 Å². The molecule has 4 heteroatoms. The van der Waals surface area contributed by atoms with E-state index in [-0.39, 0.29) is 11.7 Å². The fourth-order valence-electron chi connectivity index (χ4n) is 3.21. The molecular formula is C22H25NO3. The molecule has 0 aliphatic rings. The molecule has 0 spiro atoms. The molecule has 1 aromatic heterocycles. The first-order valence-electron chi connectivity index (χ1n) is 8.95. The van der Waals surface area contributed by atoms with Crippen LogP contribution >= 0.6 is 0 Å². The topological polar surface area (TPSA) is 51.5 Å². The van der Waals surface area contributed by atoms with Crippen LogP contribution in [-0.4, -0.2) is 7.11 Å². The molecule has 0 saturated heterocycles. The van der Waals surface area contributed by atoms with Gasteiger partial charge in [-0.05, 0) is 43.5 Å². The minimum atomic E-state index is -0.316. The van der Waals surface area contributed by atoms with Crippen molar-refractivity contribution in [2.45, 2.75) is 39.8 Å². The van der Waals surface area contributed by atoms with Gasteiger partial charge in [0.25, 0.3) is 0 Å². The summed E-state index contributed by atoms with van der Waals surface area (Å²) in [6, 6.07) is 13.9. The average molecular weight is 351 g/mol. The summed E-state index contributed by atoms with van der Waals surface area (Å²) in [7, 11) is 1.68. The molecule has 1 unspecified atom stereocenters. The van der Waals surface area contributed by atoms with Gasteiger partial charge in [0, 0.05) is 29.6 Å². The zero-order chi connectivity index (χ0) is 18.7. The van der Waals surface area contributed by atoms with Crippen LogP contribution in [0.2, 0.25) is 0 Å². The number of nitrogens with one attached hydrogen (secondary N) is 1. The van der Waals surface area contributed by atoms with Crippen LogP contribution in [0.5, 0.6) is 5.75 Å². The monoisotopic (exact) mass is 351 g/mol. The molecule has 136 valence electrons. The van der Waals surface area contributed by atoms with Crippen LogP contribution in [0, 0.1) is 6.92 Å². The number of ether oxygens (including phenoxy) is 1. The van der Waals surface area contributed by atoms with E-state index >= 15 is 0 Å². The minimum Gasteiger partial charge on any atom is -0.496 e. The molecule has 0 aliphatic carbocycles. The van der Waals surface area contributed by atoms with Gasteiger partial charge in [-0.25, -0.2) is 4.79 Å². The van der Waals surface area contributed by atoms with E-state index in [4.69, 9.17) is 9.15 Å². The van der Waals surface area contributed by atoms with Gasteiger partial charge in [-0.1, -0.05) is 36.8 Å². The maximum atomic E-state index is 11.9. The van der Waals surface area contributed by atoms with Crippen molar-refractivity contribution >= 4 is 11.0 Å². The van der Waals surface area contributed by atoms with Gasteiger partial charge in [-0.2, -0.15) is 0 Å². The van der Waals surface area contributed by atoms with Crippen LogP contribution in [0.1, 0.15) is 42.1 Å². The summed E-state index contributed by atoms with van der Waals surface area (Å²) in [4.78, 5) is 11.9. The smallest absolute Gasteiger partial charge is 0.336 e. The number of hydrogen-bond donors (Lipinski definition) is 1. The second-order valence-corrected chi connectivity index (χ2v) is 6.62. The Morgan fingerprint density at radius 1 is 1.15 bits per heavy atom. The molecule has 0 aliphatic heterocycles. The SMILES string of the molecule is CCc1ccc2c(CNC(C)c3cc(C)ccc3OC)cc(=O)oc2c1. The Kier molecular flexibility index (Phi) is 5.43. The highest BCUT2D eigenvalue weighted by Crippen LogP contribution is 2.27. The van der Waals surface area contributed by atoms with E-state index in [0.717, 1.165) is 34.2 Å². The maximum Gasteiger partial charge on any atom is 0.336 e. The number of fused-ring (bicyclic) bond motifs is 1. The zero-order valence-corrected chi connectivity index (χ0v) is 15.8. The van der Waals surface area contributed by atoms with Crippen molar-refractivity contribution in [3.63, 3.8) is 0 Å². The van der Waals surface area contributed by atoms with Gasteiger partial charge in [0.05, 0.1) is 7.11 Å². The molecule has 0 amide bonds. The summed E-state index contributed by atoms with van der Waals surface area (Å²) in [6.07, 6.45) is 0.909. The molecular weight excluding hydrogens is 326 g/mol. The molecule has 3 aromatic rings. The summed E-state index contributed by atoms with van der Waals surface area (Å²) in [5, 5.41) is 4.47. The Hall–Kier alpha value is -2.59. The van der Waals surface area contributed by atoms with E-state index in [2.05, 4.69) is 38.2 Å². The predicted molar refractivity (Wildman–Crippen MR) is 105 cm³/mol. The summed E-state index contributed by atoms with van der Waals surface area (Å²) in [5.74, 6) is 0.862. The Balaban J connectivity index is 1.88. The first kappa shape index (κ1) is 18.2. The molecule has 4 nitrogen and oxygen atoms in total. The number of aryl methyl sites for hydroxylation is 2. The van der Waals surface area contributed by atoms with E-state index in [0.29, 0.717) is 12.1 Å². The van der Waals surface area contributed by atoms with Gasteiger partial charge in [0.1, 0.15) is 11.3 Å². The number of rotatable bonds is 6. The first-order valence-corrected chi connectivity index (χ1v) is 8.95. The van der Waals surface area contributed by atoms with Crippen LogP contribution in [0.4, 0.5) is 0 Å². The highest BCUT2D eigenvalue weighted by molar-refractivity contribution is 5.80. The molecule has 2 aromatic carbocycles. The van der Waals surface area contributed by atoms with Gasteiger partial charge >= 0.3 is 5.63 Å². The third kappa shape index (κ3) is 3.81. The number of benzene rings is 2. The van der Waals surface area contributed by atoms with Gasteiger partial charge in [0.15, 0.2) is 0 Å². The van der Waals surface area contributed by atoms with Crippen LogP contribution in [0.25, 0.3) is 11.0 Å². The molecule has 1 N–H and O–H groups in total. The van der Waals surface area contributed by atoms with Crippen molar-refractivity contribution in [3.05, 3.63) is 75.1 Å². The Morgan fingerprint density at radius 3 is 2.69 bits per heavy atom. The summed E-state index contributed by atoms with van der Waals surface area (Å²) in [6.45, 7) is 6.82. The zero-order valence-electron chi connectivity index (χ0n) is 15.8. The third-order valence-electron chi connectivity index (χ3n) is 4.75. The minimum absolute atomic E-state index is 0.0852. The molecule has 26 heavy (non-hydrogen) atoms. The lowest BCUT2D eigenvalue weighted by molar-refractivity contribution is 0.401. The van der Waals surface area contributed by atoms with Gasteiger partial charge in [-0.3, -0.25) is 0 Å². The lowest BCUT2D eigenvalue weighted by Gasteiger charge is -2.18. The van der Waals surface area contributed by atoms with Crippen LogP contribution in [0.15, 0.2) is 51.7 Å². The predicted octanol–water partition coefficient (Wildman–Crippen LogP) is 4.52. The summed E-state index contributed by atoms with van der Waals surface area (Å²) >= 11 is 0.